The number of anilines is 1. The lowest BCUT2D eigenvalue weighted by molar-refractivity contribution is -0.139. The highest BCUT2D eigenvalue weighted by Crippen LogP contribution is 2.20. The fourth-order valence-electron chi connectivity index (χ4n) is 2.30. The van der Waals surface area contributed by atoms with Gasteiger partial charge in [0.15, 0.2) is 0 Å². The van der Waals surface area contributed by atoms with Crippen molar-refractivity contribution in [1.82, 2.24) is 15.1 Å². The molecule has 0 bridgehead atoms. The molecule has 1 aliphatic rings. The van der Waals surface area contributed by atoms with Crippen LogP contribution in [0.3, 0.4) is 0 Å². The number of nitrogens with one attached hydrogen (secondary N) is 1. The van der Waals surface area contributed by atoms with Crippen LogP contribution < -0.4 is 10.1 Å². The molecule has 1 aliphatic heterocycles. The Balaban J connectivity index is 1.69. The molecule has 2 heterocycles. The maximum absolute atomic E-state index is 12.2. The second-order valence-corrected chi connectivity index (χ2v) is 5.03. The van der Waals surface area contributed by atoms with Gasteiger partial charge in [-0.3, -0.25) is 24.6 Å². The van der Waals surface area contributed by atoms with Crippen molar-refractivity contribution >= 4 is 23.7 Å². The van der Waals surface area contributed by atoms with Gasteiger partial charge in [0.05, 0.1) is 12.7 Å². The third-order valence-electron chi connectivity index (χ3n) is 3.49. The first-order valence-corrected chi connectivity index (χ1v) is 7.18. The molecule has 0 radical (unpaired) electrons. The Hall–Kier alpha value is -3.23. The summed E-state index contributed by atoms with van der Waals surface area (Å²) in [5, 5.41) is 9.87. The predicted molar refractivity (Wildman–Crippen MR) is 80.0 cm³/mol. The number of para-hydroxylation sites is 1. The van der Waals surface area contributed by atoms with E-state index in [1.807, 2.05) is 0 Å². The van der Waals surface area contributed by atoms with E-state index in [-0.39, 0.29) is 43.1 Å². The zero-order valence-corrected chi connectivity index (χ0v) is 12.8. The second-order valence-electron chi connectivity index (χ2n) is 5.03. The first-order chi connectivity index (χ1) is 11.6. The summed E-state index contributed by atoms with van der Waals surface area (Å²) in [6.07, 6.45) is 0.370. The highest BCUT2D eigenvalue weighted by molar-refractivity contribution is 6.05. The SMILES string of the molecule is COc1ccccc1C(=O)Nc1nnc(CN2C(=O)CCC2=O)o1. The van der Waals surface area contributed by atoms with Crippen LogP contribution in [0.4, 0.5) is 6.01 Å². The summed E-state index contributed by atoms with van der Waals surface area (Å²) >= 11 is 0. The summed E-state index contributed by atoms with van der Waals surface area (Å²) in [6.45, 7) is -0.102. The van der Waals surface area contributed by atoms with Gasteiger partial charge < -0.3 is 9.15 Å². The van der Waals surface area contributed by atoms with Gasteiger partial charge in [-0.2, -0.15) is 0 Å². The molecule has 2 aromatic rings. The molecule has 9 heteroatoms. The van der Waals surface area contributed by atoms with Crippen molar-refractivity contribution in [3.63, 3.8) is 0 Å². The Labute approximate surface area is 136 Å². The molecule has 1 N–H and O–H groups in total. The smallest absolute Gasteiger partial charge is 0.322 e. The van der Waals surface area contributed by atoms with E-state index in [4.69, 9.17) is 9.15 Å². The highest BCUT2D eigenvalue weighted by atomic mass is 16.5. The van der Waals surface area contributed by atoms with Crippen molar-refractivity contribution in [3.05, 3.63) is 35.7 Å². The molecule has 3 rings (SSSR count). The number of nitrogens with zero attached hydrogens (tertiary/aromatic N) is 3. The first kappa shape index (κ1) is 15.7. The molecule has 1 aromatic carbocycles. The average molecular weight is 330 g/mol. The van der Waals surface area contributed by atoms with E-state index in [0.29, 0.717) is 11.3 Å². The zero-order valence-electron chi connectivity index (χ0n) is 12.8. The minimum absolute atomic E-state index is 0.0638. The molecule has 9 nitrogen and oxygen atoms in total. The van der Waals surface area contributed by atoms with Crippen molar-refractivity contribution in [2.75, 3.05) is 12.4 Å². The van der Waals surface area contributed by atoms with Gasteiger partial charge in [0.1, 0.15) is 12.3 Å². The van der Waals surface area contributed by atoms with Gasteiger partial charge in [-0.05, 0) is 12.1 Å². The van der Waals surface area contributed by atoms with Gasteiger partial charge in [-0.25, -0.2) is 0 Å². The fourth-order valence-corrected chi connectivity index (χ4v) is 2.30. The van der Waals surface area contributed by atoms with E-state index in [9.17, 15) is 14.4 Å². The summed E-state index contributed by atoms with van der Waals surface area (Å²) < 4.78 is 10.4. The van der Waals surface area contributed by atoms with Crippen molar-refractivity contribution in [2.45, 2.75) is 19.4 Å². The Morgan fingerprint density at radius 3 is 2.67 bits per heavy atom. The molecule has 0 saturated carbocycles. The van der Waals surface area contributed by atoms with Crippen LogP contribution in [-0.4, -0.2) is 39.9 Å². The number of methoxy groups -OCH3 is 1. The molecular formula is C15H14N4O5. The average Bonchev–Trinajstić information content (AvgIpc) is 3.16. The standard InChI is InChI=1S/C15H14N4O5/c1-23-10-5-3-2-4-9(10)14(22)16-15-18-17-11(24-15)8-19-12(20)6-7-13(19)21/h2-5H,6-8H2,1H3,(H,16,18,22). The van der Waals surface area contributed by atoms with Crippen LogP contribution in [0.1, 0.15) is 29.1 Å². The summed E-state index contributed by atoms with van der Waals surface area (Å²) in [4.78, 5) is 36.4. The van der Waals surface area contributed by atoms with Crippen LogP contribution in [0.15, 0.2) is 28.7 Å². The third kappa shape index (κ3) is 3.09. The zero-order chi connectivity index (χ0) is 17.1. The van der Waals surface area contributed by atoms with Crippen molar-refractivity contribution < 1.29 is 23.5 Å². The molecule has 0 aliphatic carbocycles. The number of carbonyl (C=O) groups excluding carboxylic acids is 3. The van der Waals surface area contributed by atoms with Crippen LogP contribution in [0.5, 0.6) is 5.75 Å². The monoisotopic (exact) mass is 330 g/mol. The third-order valence-corrected chi connectivity index (χ3v) is 3.49. The quantitative estimate of drug-likeness (QED) is 0.813. The van der Waals surface area contributed by atoms with Gasteiger partial charge in [0.25, 0.3) is 5.91 Å². The predicted octanol–water partition coefficient (Wildman–Crippen LogP) is 0.979. The van der Waals surface area contributed by atoms with Crippen LogP contribution in [-0.2, 0) is 16.1 Å². The van der Waals surface area contributed by atoms with E-state index in [2.05, 4.69) is 15.5 Å². The lowest BCUT2D eigenvalue weighted by Gasteiger charge is -2.09. The number of ether oxygens (including phenoxy) is 1. The summed E-state index contributed by atoms with van der Waals surface area (Å²) in [6, 6.07) is 6.55. The molecule has 1 saturated heterocycles. The number of hydrogen-bond acceptors (Lipinski definition) is 7. The summed E-state index contributed by atoms with van der Waals surface area (Å²) in [7, 11) is 1.46. The molecule has 1 fully saturated rings. The Kier molecular flexibility index (Phi) is 4.23. The Morgan fingerprint density at radius 1 is 1.25 bits per heavy atom. The number of hydrogen-bond donors (Lipinski definition) is 1. The number of imide groups is 1. The lowest BCUT2D eigenvalue weighted by Crippen LogP contribution is -2.28. The van der Waals surface area contributed by atoms with E-state index in [0.717, 1.165) is 4.90 Å². The Morgan fingerprint density at radius 2 is 1.96 bits per heavy atom. The van der Waals surface area contributed by atoms with E-state index < -0.39 is 5.91 Å². The van der Waals surface area contributed by atoms with Gasteiger partial charge in [0.2, 0.25) is 17.7 Å². The Bertz CT molecular complexity index is 785. The van der Waals surface area contributed by atoms with Crippen LogP contribution in [0, 0.1) is 0 Å². The molecule has 24 heavy (non-hydrogen) atoms. The minimum Gasteiger partial charge on any atom is -0.496 e. The molecule has 1 aromatic heterocycles. The number of likely N-dealkylation sites (tertiary alicyclic amines) is 1. The minimum atomic E-state index is -0.476. The maximum atomic E-state index is 12.2. The normalized spacial score (nSPS) is 14.1. The highest BCUT2D eigenvalue weighted by Gasteiger charge is 2.30. The van der Waals surface area contributed by atoms with E-state index in [1.54, 1.807) is 24.3 Å². The van der Waals surface area contributed by atoms with Gasteiger partial charge in [-0.15, -0.1) is 5.10 Å². The van der Waals surface area contributed by atoms with E-state index >= 15 is 0 Å². The van der Waals surface area contributed by atoms with Crippen molar-refractivity contribution in [2.24, 2.45) is 0 Å². The first-order valence-electron chi connectivity index (χ1n) is 7.18. The topological polar surface area (TPSA) is 115 Å². The molecule has 0 atom stereocenters. The van der Waals surface area contributed by atoms with Crippen LogP contribution in [0.2, 0.25) is 0 Å². The molecule has 3 amide bonds. The molecule has 0 spiro atoms. The van der Waals surface area contributed by atoms with Crippen LogP contribution >= 0.6 is 0 Å². The molecule has 0 unspecified atom stereocenters. The summed E-state index contributed by atoms with van der Waals surface area (Å²) in [5.74, 6) is -0.566. The maximum Gasteiger partial charge on any atom is 0.322 e. The fraction of sp³-hybridized carbons (Fsp3) is 0.267. The van der Waals surface area contributed by atoms with Gasteiger partial charge in [-0.1, -0.05) is 17.2 Å². The number of benzene rings is 1. The number of rotatable bonds is 5. The van der Waals surface area contributed by atoms with Crippen molar-refractivity contribution in [3.8, 4) is 5.75 Å². The summed E-state index contributed by atoms with van der Waals surface area (Å²) in [5.41, 5.74) is 0.310. The second kappa shape index (κ2) is 6.49. The molecular weight excluding hydrogens is 316 g/mol. The lowest BCUT2D eigenvalue weighted by atomic mass is 10.2. The van der Waals surface area contributed by atoms with Crippen LogP contribution in [0.25, 0.3) is 0 Å². The number of aromatic nitrogens is 2. The van der Waals surface area contributed by atoms with Gasteiger partial charge in [0, 0.05) is 12.8 Å². The molecule has 124 valence electrons. The van der Waals surface area contributed by atoms with Gasteiger partial charge >= 0.3 is 6.01 Å². The van der Waals surface area contributed by atoms with E-state index in [1.165, 1.54) is 7.11 Å². The van der Waals surface area contributed by atoms with Crippen molar-refractivity contribution in [1.29, 1.82) is 0 Å². The number of carbonyl (C=O) groups is 3. The number of amides is 3. The largest absolute Gasteiger partial charge is 0.496 e.